The maximum absolute atomic E-state index is 12.6. The Kier molecular flexibility index (Phi) is 4.67. The van der Waals surface area contributed by atoms with Gasteiger partial charge >= 0.3 is 5.97 Å². The molecular weight excluding hydrogens is 318 g/mol. The highest BCUT2D eigenvalue weighted by molar-refractivity contribution is 7.89. The Hall–Kier alpha value is -0.950. The van der Waals surface area contributed by atoms with E-state index < -0.39 is 27.4 Å². The monoisotopic (exact) mass is 345 g/mol. The summed E-state index contributed by atoms with van der Waals surface area (Å²) < 4.78 is 27.5. The molecule has 132 valence electrons. The predicted octanol–water partition coefficient (Wildman–Crippen LogP) is 1.80. The van der Waals surface area contributed by atoms with E-state index in [0.717, 1.165) is 6.42 Å². The molecule has 2 saturated carbocycles. The summed E-state index contributed by atoms with van der Waals surface area (Å²) in [5.41, 5.74) is -1.23. The maximum Gasteiger partial charge on any atom is 0.322 e. The first-order chi connectivity index (χ1) is 10.5. The lowest BCUT2D eigenvalue weighted by Crippen LogP contribution is -2.50. The number of hydrogen-bond donors (Lipinski definition) is 2. The van der Waals surface area contributed by atoms with Crippen molar-refractivity contribution in [1.82, 2.24) is 4.72 Å². The molecule has 4 atom stereocenters. The van der Waals surface area contributed by atoms with Gasteiger partial charge in [0.2, 0.25) is 10.0 Å². The minimum absolute atomic E-state index is 0.0135. The molecule has 2 rings (SSSR count). The number of rotatable bonds is 7. The lowest BCUT2D eigenvalue weighted by Gasteiger charge is -2.36. The Bertz CT molecular complexity index is 612. The van der Waals surface area contributed by atoms with E-state index in [9.17, 15) is 23.1 Å². The molecule has 0 amide bonds. The minimum atomic E-state index is -3.86. The van der Waals surface area contributed by atoms with Crippen molar-refractivity contribution in [3.8, 4) is 0 Å². The fourth-order valence-corrected chi connectivity index (χ4v) is 6.44. The van der Waals surface area contributed by atoms with Crippen molar-refractivity contribution < 1.29 is 23.1 Å². The Morgan fingerprint density at radius 2 is 2.04 bits per heavy atom. The van der Waals surface area contributed by atoms with Gasteiger partial charge in [-0.05, 0) is 30.1 Å². The van der Waals surface area contributed by atoms with E-state index in [1.165, 1.54) is 0 Å². The quantitative estimate of drug-likeness (QED) is 0.733. The fraction of sp³-hybridized carbons (Fsp3) is 0.875. The lowest BCUT2D eigenvalue weighted by atomic mass is 9.70. The van der Waals surface area contributed by atoms with Gasteiger partial charge in [0.05, 0.1) is 5.75 Å². The van der Waals surface area contributed by atoms with Crippen LogP contribution in [0.25, 0.3) is 0 Å². The van der Waals surface area contributed by atoms with E-state index in [1.807, 2.05) is 20.8 Å². The van der Waals surface area contributed by atoms with Crippen LogP contribution in [0.3, 0.4) is 0 Å². The van der Waals surface area contributed by atoms with Gasteiger partial charge in [0.15, 0.2) is 0 Å². The number of nitrogens with one attached hydrogen (secondary N) is 1. The number of sulfonamides is 1. The second kappa shape index (κ2) is 5.84. The van der Waals surface area contributed by atoms with Gasteiger partial charge in [-0.15, -0.1) is 0 Å². The van der Waals surface area contributed by atoms with E-state index in [0.29, 0.717) is 19.3 Å². The van der Waals surface area contributed by atoms with Crippen molar-refractivity contribution in [2.45, 2.75) is 59.4 Å². The SMILES string of the molecule is CCC(C)C(NS(=O)(=O)CC12CCC(CC1=O)C2(C)C)C(=O)O. The Labute approximate surface area is 138 Å². The lowest BCUT2D eigenvalue weighted by molar-refractivity contribution is -0.140. The summed E-state index contributed by atoms with van der Waals surface area (Å²) in [6.45, 7) is 7.46. The van der Waals surface area contributed by atoms with Gasteiger partial charge in [0, 0.05) is 11.8 Å². The van der Waals surface area contributed by atoms with Gasteiger partial charge in [-0.2, -0.15) is 0 Å². The van der Waals surface area contributed by atoms with E-state index in [1.54, 1.807) is 6.92 Å². The number of hydrogen-bond acceptors (Lipinski definition) is 4. The number of carbonyl (C=O) groups excluding carboxylic acids is 1. The standard InChI is InChI=1S/C16H27NO5S/c1-5-10(2)13(14(19)20)17-23(21,22)9-16-7-6-11(8-12(16)18)15(16,3)4/h10-11,13,17H,5-9H2,1-4H3,(H,19,20). The third-order valence-electron chi connectivity index (χ3n) is 6.36. The van der Waals surface area contributed by atoms with Crippen LogP contribution in [0, 0.1) is 22.7 Å². The first kappa shape index (κ1) is 18.4. The largest absolute Gasteiger partial charge is 0.480 e. The average molecular weight is 345 g/mol. The van der Waals surface area contributed by atoms with E-state index in [4.69, 9.17) is 0 Å². The zero-order valence-electron chi connectivity index (χ0n) is 14.3. The van der Waals surface area contributed by atoms with Gasteiger partial charge in [0.1, 0.15) is 11.8 Å². The first-order valence-electron chi connectivity index (χ1n) is 8.23. The molecule has 0 radical (unpaired) electrons. The van der Waals surface area contributed by atoms with E-state index in [-0.39, 0.29) is 28.8 Å². The average Bonchev–Trinajstić information content (AvgIpc) is 2.77. The zero-order chi connectivity index (χ0) is 17.6. The third-order valence-corrected chi connectivity index (χ3v) is 7.85. The van der Waals surface area contributed by atoms with E-state index in [2.05, 4.69) is 4.72 Å². The van der Waals surface area contributed by atoms with Crippen LogP contribution in [0.15, 0.2) is 0 Å². The van der Waals surface area contributed by atoms with Crippen molar-refractivity contribution in [3.05, 3.63) is 0 Å². The molecule has 0 aromatic heterocycles. The normalized spacial score (nSPS) is 32.0. The molecule has 2 fully saturated rings. The summed E-state index contributed by atoms with van der Waals surface area (Å²) in [4.78, 5) is 23.8. The summed E-state index contributed by atoms with van der Waals surface area (Å²) in [5, 5.41) is 9.29. The van der Waals surface area contributed by atoms with Crippen LogP contribution >= 0.6 is 0 Å². The molecule has 23 heavy (non-hydrogen) atoms. The number of ketones is 1. The number of fused-ring (bicyclic) bond motifs is 2. The highest BCUT2D eigenvalue weighted by Gasteiger charge is 2.65. The highest BCUT2D eigenvalue weighted by atomic mass is 32.2. The highest BCUT2D eigenvalue weighted by Crippen LogP contribution is 2.64. The number of carboxylic acid groups (broad SMARTS) is 1. The maximum atomic E-state index is 12.6. The molecule has 2 bridgehead atoms. The summed E-state index contributed by atoms with van der Waals surface area (Å²) in [6, 6.07) is -1.15. The van der Waals surface area contributed by atoms with Crippen LogP contribution in [-0.2, 0) is 19.6 Å². The number of carbonyl (C=O) groups is 2. The van der Waals surface area contributed by atoms with Gasteiger partial charge < -0.3 is 5.11 Å². The number of Topliss-reactive ketones (excluding diaryl/α,β-unsaturated/α-hetero) is 1. The van der Waals surface area contributed by atoms with Gasteiger partial charge in [-0.1, -0.05) is 34.1 Å². The second-order valence-corrected chi connectivity index (χ2v) is 9.50. The van der Waals surface area contributed by atoms with Crippen LogP contribution in [0.4, 0.5) is 0 Å². The molecule has 2 aliphatic carbocycles. The molecule has 0 aliphatic heterocycles. The van der Waals surface area contributed by atoms with Crippen LogP contribution in [0.5, 0.6) is 0 Å². The Balaban J connectivity index is 2.24. The van der Waals surface area contributed by atoms with Gasteiger partial charge in [-0.25, -0.2) is 13.1 Å². The fourth-order valence-electron chi connectivity index (χ4n) is 4.31. The third kappa shape index (κ3) is 2.93. The van der Waals surface area contributed by atoms with Crippen molar-refractivity contribution >= 4 is 21.8 Å². The van der Waals surface area contributed by atoms with Crippen LogP contribution in [-0.4, -0.2) is 37.1 Å². The molecule has 0 saturated heterocycles. The van der Waals surface area contributed by atoms with Crippen molar-refractivity contribution in [3.63, 3.8) is 0 Å². The molecule has 0 heterocycles. The topological polar surface area (TPSA) is 101 Å². The molecule has 0 aromatic rings. The predicted molar refractivity (Wildman–Crippen MR) is 86.4 cm³/mol. The van der Waals surface area contributed by atoms with Crippen LogP contribution in [0.1, 0.15) is 53.4 Å². The Morgan fingerprint density at radius 1 is 1.43 bits per heavy atom. The van der Waals surface area contributed by atoms with Crippen LogP contribution < -0.4 is 4.72 Å². The van der Waals surface area contributed by atoms with E-state index >= 15 is 0 Å². The van der Waals surface area contributed by atoms with Gasteiger partial charge in [-0.3, -0.25) is 9.59 Å². The molecule has 4 unspecified atom stereocenters. The smallest absolute Gasteiger partial charge is 0.322 e. The molecule has 2 aliphatic rings. The van der Waals surface area contributed by atoms with Crippen molar-refractivity contribution in [2.75, 3.05) is 5.75 Å². The van der Waals surface area contributed by atoms with Gasteiger partial charge in [0.25, 0.3) is 0 Å². The van der Waals surface area contributed by atoms with Crippen LogP contribution in [0.2, 0.25) is 0 Å². The summed E-state index contributed by atoms with van der Waals surface area (Å²) in [6.07, 6.45) is 2.43. The second-order valence-electron chi connectivity index (χ2n) is 7.75. The zero-order valence-corrected chi connectivity index (χ0v) is 15.1. The minimum Gasteiger partial charge on any atom is -0.480 e. The number of carboxylic acids is 1. The first-order valence-corrected chi connectivity index (χ1v) is 9.88. The molecule has 0 aromatic carbocycles. The van der Waals surface area contributed by atoms with Crippen molar-refractivity contribution in [2.24, 2.45) is 22.7 Å². The summed E-state index contributed by atoms with van der Waals surface area (Å²) in [7, 11) is -3.86. The Morgan fingerprint density at radius 3 is 2.43 bits per heavy atom. The van der Waals surface area contributed by atoms with Crippen molar-refractivity contribution in [1.29, 1.82) is 0 Å². The summed E-state index contributed by atoms with van der Waals surface area (Å²) in [5.74, 6) is -1.55. The molecule has 6 nitrogen and oxygen atoms in total. The molecule has 2 N–H and O–H groups in total. The molecule has 7 heteroatoms. The summed E-state index contributed by atoms with van der Waals surface area (Å²) >= 11 is 0. The molecule has 0 spiro atoms. The molecular formula is C16H27NO5S. The number of aliphatic carboxylic acids is 1.